The van der Waals surface area contributed by atoms with Crippen LogP contribution in [0.15, 0.2) is 0 Å². The van der Waals surface area contributed by atoms with E-state index in [0.717, 1.165) is 75.5 Å². The predicted molar refractivity (Wildman–Crippen MR) is 293 cm³/mol. The molecule has 0 aromatic carbocycles. The number of ether oxygens (including phenoxy) is 3. The van der Waals surface area contributed by atoms with Gasteiger partial charge >= 0.3 is 17.9 Å². The molecule has 2 atom stereocenters. The molecule has 0 aliphatic rings. The molecular formula is C62H120O6. The fourth-order valence-electron chi connectivity index (χ4n) is 9.50. The molecule has 0 saturated heterocycles. The quantitative estimate of drug-likeness (QED) is 0.0343. The van der Waals surface area contributed by atoms with Crippen LogP contribution in [0, 0.1) is 17.8 Å². The number of carbonyl (C=O) groups excluding carboxylic acids is 3. The molecule has 0 spiro atoms. The van der Waals surface area contributed by atoms with Gasteiger partial charge in [0, 0.05) is 19.3 Å². The zero-order chi connectivity index (χ0) is 49.8. The second-order valence-corrected chi connectivity index (χ2v) is 22.5. The number of rotatable bonds is 55. The van der Waals surface area contributed by atoms with Crippen LogP contribution in [0.1, 0.15) is 343 Å². The Balaban J connectivity index is 4.30. The summed E-state index contributed by atoms with van der Waals surface area (Å²) in [5.41, 5.74) is 0. The topological polar surface area (TPSA) is 78.9 Å². The molecule has 0 aliphatic heterocycles. The first kappa shape index (κ1) is 66.4. The van der Waals surface area contributed by atoms with Crippen molar-refractivity contribution >= 4 is 17.9 Å². The monoisotopic (exact) mass is 961 g/mol. The molecule has 68 heavy (non-hydrogen) atoms. The highest BCUT2D eigenvalue weighted by Crippen LogP contribution is 2.19. The SMILES string of the molecule is CCC(C)CCCCCCCCCCCCCCCCC(=O)OC[C@H](COC(=O)CCCCCCCCCCCCCC(C)C)OC(=O)CCCCCCCCCCCCCCCCCC(C)C. The molecule has 0 aromatic rings. The molecule has 0 radical (unpaired) electrons. The van der Waals surface area contributed by atoms with Gasteiger partial charge in [0.2, 0.25) is 0 Å². The highest BCUT2D eigenvalue weighted by atomic mass is 16.6. The molecule has 0 fully saturated rings. The summed E-state index contributed by atoms with van der Waals surface area (Å²) in [5, 5.41) is 0. The van der Waals surface area contributed by atoms with E-state index in [4.69, 9.17) is 14.2 Å². The van der Waals surface area contributed by atoms with Gasteiger partial charge in [0.15, 0.2) is 6.10 Å². The van der Waals surface area contributed by atoms with Gasteiger partial charge in [0.1, 0.15) is 13.2 Å². The predicted octanol–water partition coefficient (Wildman–Crippen LogP) is 20.3. The van der Waals surface area contributed by atoms with Gasteiger partial charge in [-0.1, -0.05) is 305 Å². The van der Waals surface area contributed by atoms with Gasteiger partial charge in [-0.05, 0) is 37.0 Å². The second kappa shape index (κ2) is 53.2. The van der Waals surface area contributed by atoms with Crippen LogP contribution in [0.2, 0.25) is 0 Å². The summed E-state index contributed by atoms with van der Waals surface area (Å²) in [6.45, 7) is 13.8. The van der Waals surface area contributed by atoms with E-state index in [2.05, 4.69) is 41.5 Å². The molecule has 0 bridgehead atoms. The van der Waals surface area contributed by atoms with Crippen molar-refractivity contribution in [2.45, 2.75) is 349 Å². The average Bonchev–Trinajstić information content (AvgIpc) is 3.31. The van der Waals surface area contributed by atoms with Crippen molar-refractivity contribution < 1.29 is 28.6 Å². The normalized spacial score (nSPS) is 12.5. The molecule has 1 unspecified atom stereocenters. The lowest BCUT2D eigenvalue weighted by molar-refractivity contribution is -0.167. The third kappa shape index (κ3) is 53.8. The molecule has 6 heteroatoms. The zero-order valence-corrected chi connectivity index (χ0v) is 46.9. The number of unbranched alkanes of at least 4 members (excludes halogenated alkanes) is 37. The molecule has 0 aliphatic carbocycles. The maximum atomic E-state index is 12.9. The highest BCUT2D eigenvalue weighted by Gasteiger charge is 2.19. The van der Waals surface area contributed by atoms with Crippen LogP contribution in [0.3, 0.4) is 0 Å². The summed E-state index contributed by atoms with van der Waals surface area (Å²) >= 11 is 0. The summed E-state index contributed by atoms with van der Waals surface area (Å²) in [4.78, 5) is 38.2. The molecule has 0 heterocycles. The van der Waals surface area contributed by atoms with E-state index < -0.39 is 6.10 Å². The maximum absolute atomic E-state index is 12.9. The van der Waals surface area contributed by atoms with Crippen molar-refractivity contribution in [1.29, 1.82) is 0 Å². The fraction of sp³-hybridized carbons (Fsp3) is 0.952. The molecular weight excluding hydrogens is 841 g/mol. The first-order chi connectivity index (χ1) is 33.1. The Bertz CT molecular complexity index is 1060. The van der Waals surface area contributed by atoms with Gasteiger partial charge in [-0.3, -0.25) is 14.4 Å². The summed E-state index contributed by atoms with van der Waals surface area (Å²) in [7, 11) is 0. The summed E-state index contributed by atoms with van der Waals surface area (Å²) < 4.78 is 16.9. The lowest BCUT2D eigenvalue weighted by Crippen LogP contribution is -2.30. The van der Waals surface area contributed by atoms with Gasteiger partial charge < -0.3 is 14.2 Å². The number of hydrogen-bond donors (Lipinski definition) is 0. The van der Waals surface area contributed by atoms with Crippen LogP contribution in [-0.4, -0.2) is 37.2 Å². The third-order valence-electron chi connectivity index (χ3n) is 14.5. The Morgan fingerprint density at radius 3 is 0.765 bits per heavy atom. The molecule has 0 saturated carbocycles. The van der Waals surface area contributed by atoms with Crippen LogP contribution >= 0.6 is 0 Å². The van der Waals surface area contributed by atoms with Crippen LogP contribution in [0.5, 0.6) is 0 Å². The van der Waals surface area contributed by atoms with E-state index >= 15 is 0 Å². The Morgan fingerprint density at radius 2 is 0.515 bits per heavy atom. The Labute approximate surface area is 425 Å². The van der Waals surface area contributed by atoms with Crippen molar-refractivity contribution in [2.75, 3.05) is 13.2 Å². The minimum Gasteiger partial charge on any atom is -0.462 e. The highest BCUT2D eigenvalue weighted by molar-refractivity contribution is 5.71. The molecule has 404 valence electrons. The van der Waals surface area contributed by atoms with E-state index in [1.807, 2.05) is 0 Å². The van der Waals surface area contributed by atoms with Crippen LogP contribution < -0.4 is 0 Å². The van der Waals surface area contributed by atoms with Crippen LogP contribution in [0.25, 0.3) is 0 Å². The van der Waals surface area contributed by atoms with E-state index in [0.29, 0.717) is 19.3 Å². The molecule has 6 nitrogen and oxygen atoms in total. The summed E-state index contributed by atoms with van der Waals surface area (Å²) in [6, 6.07) is 0. The van der Waals surface area contributed by atoms with Gasteiger partial charge in [-0.25, -0.2) is 0 Å². The van der Waals surface area contributed by atoms with Crippen LogP contribution in [-0.2, 0) is 28.6 Å². The van der Waals surface area contributed by atoms with E-state index in [1.54, 1.807) is 0 Å². The zero-order valence-electron chi connectivity index (χ0n) is 46.9. The smallest absolute Gasteiger partial charge is 0.306 e. The van der Waals surface area contributed by atoms with Crippen LogP contribution in [0.4, 0.5) is 0 Å². The van der Waals surface area contributed by atoms with Gasteiger partial charge in [-0.2, -0.15) is 0 Å². The van der Waals surface area contributed by atoms with Crippen molar-refractivity contribution in [3.8, 4) is 0 Å². The lowest BCUT2D eigenvalue weighted by Gasteiger charge is -2.18. The third-order valence-corrected chi connectivity index (χ3v) is 14.5. The molecule has 0 amide bonds. The second-order valence-electron chi connectivity index (χ2n) is 22.5. The maximum Gasteiger partial charge on any atom is 0.306 e. The summed E-state index contributed by atoms with van der Waals surface area (Å²) in [6.07, 6.45) is 56.6. The van der Waals surface area contributed by atoms with Crippen molar-refractivity contribution in [1.82, 2.24) is 0 Å². The van der Waals surface area contributed by atoms with Gasteiger partial charge in [0.25, 0.3) is 0 Å². The first-order valence-electron chi connectivity index (χ1n) is 30.6. The largest absolute Gasteiger partial charge is 0.462 e. The fourth-order valence-corrected chi connectivity index (χ4v) is 9.50. The molecule has 0 N–H and O–H groups in total. The standard InChI is InChI=1S/C62H120O6/c1-7-58(6)50-44-38-32-26-20-14-11-12-15-21-27-33-39-45-51-60(63)66-54-59(55-67-61(64)52-46-40-34-28-23-17-19-25-31-37-43-49-57(4)5)68-62(65)53-47-41-35-29-22-16-10-8-9-13-18-24-30-36-42-48-56(2)3/h56-59H,7-55H2,1-6H3/t58?,59-/m1/s1. The van der Waals surface area contributed by atoms with Crippen molar-refractivity contribution in [2.24, 2.45) is 17.8 Å². The number of hydrogen-bond acceptors (Lipinski definition) is 6. The number of carbonyl (C=O) groups is 3. The van der Waals surface area contributed by atoms with E-state index in [9.17, 15) is 14.4 Å². The van der Waals surface area contributed by atoms with Gasteiger partial charge in [0.05, 0.1) is 0 Å². The minimum atomic E-state index is -0.764. The minimum absolute atomic E-state index is 0.0630. The molecule has 0 aromatic heterocycles. The van der Waals surface area contributed by atoms with Crippen molar-refractivity contribution in [3.05, 3.63) is 0 Å². The summed E-state index contributed by atoms with van der Waals surface area (Å²) in [5.74, 6) is 1.73. The van der Waals surface area contributed by atoms with E-state index in [-0.39, 0.29) is 31.1 Å². The van der Waals surface area contributed by atoms with Gasteiger partial charge in [-0.15, -0.1) is 0 Å². The van der Waals surface area contributed by atoms with E-state index in [1.165, 1.54) is 225 Å². The Kier molecular flexibility index (Phi) is 52.0. The van der Waals surface area contributed by atoms with Crippen molar-refractivity contribution in [3.63, 3.8) is 0 Å². The Morgan fingerprint density at radius 1 is 0.294 bits per heavy atom. The lowest BCUT2D eigenvalue weighted by atomic mass is 9.99. The first-order valence-corrected chi connectivity index (χ1v) is 30.6. The Hall–Kier alpha value is -1.59. The molecule has 0 rings (SSSR count). The number of esters is 3. The average molecular weight is 962 g/mol.